The van der Waals surface area contributed by atoms with Gasteiger partial charge in [0.15, 0.2) is 6.29 Å². The van der Waals surface area contributed by atoms with Crippen LogP contribution in [0, 0.1) is 0 Å². The number of aliphatic hydroxyl groups excluding tert-OH is 3. The van der Waals surface area contributed by atoms with Gasteiger partial charge < -0.3 is 29.2 Å². The van der Waals surface area contributed by atoms with E-state index in [-0.39, 0.29) is 18.3 Å². The predicted molar refractivity (Wildman–Crippen MR) is 141 cm³/mol. The summed E-state index contributed by atoms with van der Waals surface area (Å²) in [6.07, 6.45) is -6.11. The van der Waals surface area contributed by atoms with Crippen LogP contribution in [0.3, 0.4) is 0 Å². The molecule has 3 aromatic carbocycles. The van der Waals surface area contributed by atoms with Crippen molar-refractivity contribution in [3.63, 3.8) is 0 Å². The molecule has 0 aliphatic carbocycles. The number of aliphatic hydroxyl groups is 3. The first-order valence-corrected chi connectivity index (χ1v) is 14.2. The number of hydrogen-bond acceptors (Lipinski definition) is 6. The van der Waals surface area contributed by atoms with E-state index < -0.39 is 39.0 Å². The molecule has 1 aliphatic rings. The van der Waals surface area contributed by atoms with Gasteiger partial charge in [-0.15, -0.1) is 0 Å². The molecule has 4 rings (SSSR count). The lowest BCUT2D eigenvalue weighted by molar-refractivity contribution is -0.303. The van der Waals surface area contributed by atoms with Gasteiger partial charge in [-0.3, -0.25) is 0 Å². The second kappa shape index (κ2) is 11.4. The third kappa shape index (κ3) is 5.48. The van der Waals surface area contributed by atoms with Crippen LogP contribution < -0.4 is 10.4 Å². The molecule has 6 nitrogen and oxygen atoms in total. The third-order valence-electron chi connectivity index (χ3n) is 6.81. The monoisotopic (exact) mass is 508 g/mol. The van der Waals surface area contributed by atoms with E-state index in [1.165, 1.54) is 0 Å². The molecule has 1 aliphatic heterocycles. The first-order valence-electron chi connectivity index (χ1n) is 12.3. The topological polar surface area (TPSA) is 88.4 Å². The molecule has 192 valence electrons. The van der Waals surface area contributed by atoms with Gasteiger partial charge in [0.1, 0.15) is 24.4 Å². The van der Waals surface area contributed by atoms with Gasteiger partial charge in [-0.2, -0.15) is 0 Å². The summed E-state index contributed by atoms with van der Waals surface area (Å²) in [6, 6.07) is 29.9. The molecule has 5 atom stereocenters. The molecule has 1 saturated heterocycles. The highest BCUT2D eigenvalue weighted by Gasteiger charge is 2.52. The van der Waals surface area contributed by atoms with Gasteiger partial charge in [-0.1, -0.05) is 112 Å². The number of ether oxygens (including phenoxy) is 2. The van der Waals surface area contributed by atoms with Crippen molar-refractivity contribution in [2.24, 2.45) is 0 Å². The van der Waals surface area contributed by atoms with Gasteiger partial charge in [0.05, 0.1) is 13.2 Å². The maximum atomic E-state index is 10.8. The van der Waals surface area contributed by atoms with Crippen molar-refractivity contribution in [1.29, 1.82) is 0 Å². The van der Waals surface area contributed by atoms with Gasteiger partial charge in [0, 0.05) is 0 Å². The van der Waals surface area contributed by atoms with Gasteiger partial charge in [0.25, 0.3) is 8.32 Å². The predicted octanol–water partition coefficient (Wildman–Crippen LogP) is 2.59. The van der Waals surface area contributed by atoms with Crippen LogP contribution in [0.25, 0.3) is 0 Å². The molecular formula is C29H36O6Si. The highest BCUT2D eigenvalue weighted by atomic mass is 28.4. The van der Waals surface area contributed by atoms with E-state index in [0.29, 0.717) is 0 Å². The molecule has 0 aromatic heterocycles. The Morgan fingerprint density at radius 3 is 1.72 bits per heavy atom. The molecule has 0 radical (unpaired) electrons. The van der Waals surface area contributed by atoms with Gasteiger partial charge >= 0.3 is 0 Å². The number of hydrogen-bond donors (Lipinski definition) is 3. The molecule has 1 fully saturated rings. The van der Waals surface area contributed by atoms with Gasteiger partial charge in [0.2, 0.25) is 0 Å². The van der Waals surface area contributed by atoms with Crippen molar-refractivity contribution in [1.82, 2.24) is 0 Å². The number of benzene rings is 3. The molecule has 7 heteroatoms. The highest BCUT2D eigenvalue weighted by Crippen LogP contribution is 2.37. The Kier molecular flexibility index (Phi) is 8.42. The molecule has 1 heterocycles. The lowest BCUT2D eigenvalue weighted by Crippen LogP contribution is -2.68. The van der Waals surface area contributed by atoms with Crippen LogP contribution in [0.15, 0.2) is 91.0 Å². The van der Waals surface area contributed by atoms with Crippen LogP contribution in [0.1, 0.15) is 26.3 Å². The van der Waals surface area contributed by atoms with Gasteiger partial charge in [-0.25, -0.2) is 0 Å². The molecule has 0 spiro atoms. The van der Waals surface area contributed by atoms with Crippen LogP contribution in [0.4, 0.5) is 0 Å². The molecule has 36 heavy (non-hydrogen) atoms. The van der Waals surface area contributed by atoms with E-state index in [2.05, 4.69) is 45.0 Å². The van der Waals surface area contributed by atoms with Crippen LogP contribution >= 0.6 is 0 Å². The first-order chi connectivity index (χ1) is 17.2. The SMILES string of the molecule is CC(C)(C)[Si](OC[C@H]1O[C@H](OCc2ccccc2)[C@@H](O)[C@@H](O)[C@@H]1O)(c1ccccc1)c1ccccc1. The molecule has 3 aromatic rings. The zero-order valence-corrected chi connectivity index (χ0v) is 22.0. The second-order valence-electron chi connectivity index (χ2n) is 10.3. The summed E-state index contributed by atoms with van der Waals surface area (Å²) in [4.78, 5) is 0. The largest absolute Gasteiger partial charge is 0.405 e. The van der Waals surface area contributed by atoms with Crippen LogP contribution in [0.5, 0.6) is 0 Å². The smallest absolute Gasteiger partial charge is 0.261 e. The Hall–Kier alpha value is -2.36. The average molecular weight is 509 g/mol. The fourth-order valence-corrected chi connectivity index (χ4v) is 9.48. The van der Waals surface area contributed by atoms with Crippen LogP contribution in [-0.2, 0) is 20.5 Å². The van der Waals surface area contributed by atoms with E-state index >= 15 is 0 Å². The minimum Gasteiger partial charge on any atom is -0.405 e. The van der Waals surface area contributed by atoms with Crippen molar-refractivity contribution in [2.45, 2.75) is 63.1 Å². The molecule has 0 bridgehead atoms. The fraction of sp³-hybridized carbons (Fsp3) is 0.379. The summed E-state index contributed by atoms with van der Waals surface area (Å²) in [7, 11) is -2.87. The van der Waals surface area contributed by atoms with Gasteiger partial charge in [-0.05, 0) is 21.0 Å². The summed E-state index contributed by atoms with van der Waals surface area (Å²) >= 11 is 0. The molecule has 0 unspecified atom stereocenters. The standard InChI is InChI=1S/C29H36O6Si/c1-29(2,3)36(22-15-9-5-10-16-22,23-17-11-6-12-18-23)34-20-24-25(30)26(31)27(32)28(35-24)33-19-21-13-7-4-8-14-21/h4-18,24-28,30-32H,19-20H2,1-3H3/t24-,25-,26+,27+,28+/m1/s1. The van der Waals surface area contributed by atoms with Crippen molar-refractivity contribution in [3.8, 4) is 0 Å². The maximum Gasteiger partial charge on any atom is 0.261 e. The normalized spacial score (nSPS) is 25.0. The Balaban J connectivity index is 1.60. The van der Waals surface area contributed by atoms with Crippen molar-refractivity contribution in [2.75, 3.05) is 6.61 Å². The summed E-state index contributed by atoms with van der Waals surface area (Å²) < 4.78 is 18.7. The first kappa shape index (κ1) is 26.7. The zero-order valence-electron chi connectivity index (χ0n) is 21.0. The van der Waals surface area contributed by atoms with Crippen LogP contribution in [0.2, 0.25) is 5.04 Å². The fourth-order valence-electron chi connectivity index (χ4n) is 4.91. The Morgan fingerprint density at radius 1 is 0.722 bits per heavy atom. The lowest BCUT2D eigenvalue weighted by atomic mass is 9.99. The second-order valence-corrected chi connectivity index (χ2v) is 14.6. The average Bonchev–Trinajstić information content (AvgIpc) is 2.89. The van der Waals surface area contributed by atoms with E-state index in [4.69, 9.17) is 13.9 Å². The zero-order chi connectivity index (χ0) is 25.8. The van der Waals surface area contributed by atoms with Crippen molar-refractivity contribution >= 4 is 18.7 Å². The summed E-state index contributed by atoms with van der Waals surface area (Å²) in [6.45, 7) is 6.74. The third-order valence-corrected chi connectivity index (χ3v) is 11.8. The van der Waals surface area contributed by atoms with E-state index in [1.807, 2.05) is 66.7 Å². The summed E-state index contributed by atoms with van der Waals surface area (Å²) in [5.74, 6) is 0. The minimum atomic E-state index is -2.87. The minimum absolute atomic E-state index is 0.0312. The molecule has 3 N–H and O–H groups in total. The highest BCUT2D eigenvalue weighted by molar-refractivity contribution is 6.99. The summed E-state index contributed by atoms with van der Waals surface area (Å²) in [5, 5.41) is 33.9. The quantitative estimate of drug-likeness (QED) is 0.406. The number of rotatable bonds is 8. The Morgan fingerprint density at radius 2 is 1.22 bits per heavy atom. The van der Waals surface area contributed by atoms with Crippen LogP contribution in [-0.4, -0.2) is 60.9 Å². The maximum absolute atomic E-state index is 10.8. The summed E-state index contributed by atoms with van der Waals surface area (Å²) in [5.41, 5.74) is 0.911. The van der Waals surface area contributed by atoms with E-state index in [9.17, 15) is 15.3 Å². The van der Waals surface area contributed by atoms with Crippen molar-refractivity contribution < 1.29 is 29.2 Å². The lowest BCUT2D eigenvalue weighted by Gasteiger charge is -2.45. The van der Waals surface area contributed by atoms with Crippen molar-refractivity contribution in [3.05, 3.63) is 96.6 Å². The Bertz CT molecular complexity index is 1030. The molecular weight excluding hydrogens is 472 g/mol. The van der Waals surface area contributed by atoms with E-state index in [0.717, 1.165) is 15.9 Å². The van der Waals surface area contributed by atoms with E-state index in [1.54, 1.807) is 0 Å². The Labute approximate surface area is 214 Å². The molecule has 0 amide bonds. The molecule has 0 saturated carbocycles.